The number of hydrogen-bond donors (Lipinski definition) is 0. The number of rotatable bonds is 3. The summed E-state index contributed by atoms with van der Waals surface area (Å²) in [6.45, 7) is 6.22. The normalized spacial score (nSPS) is 11.3. The molecule has 0 N–H and O–H groups in total. The highest BCUT2D eigenvalue weighted by molar-refractivity contribution is 9.10. The van der Waals surface area contributed by atoms with Crippen molar-refractivity contribution in [2.75, 3.05) is 19.0 Å². The van der Waals surface area contributed by atoms with Crippen molar-refractivity contribution in [2.45, 2.75) is 26.2 Å². The monoisotopic (exact) mass is 349 g/mol. The Morgan fingerprint density at radius 3 is 2.43 bits per heavy atom. The average Bonchev–Trinajstić information content (AvgIpc) is 2.37. The Labute approximate surface area is 134 Å². The standard InChI is InChI=1S/C16H20BrN3O/c1-16(2,3)15-18-13(17)10-14(19-15)21-12-8-6-7-11(9-12)20(4)5/h6-10H,1-5H3. The lowest BCUT2D eigenvalue weighted by molar-refractivity contribution is 0.444. The summed E-state index contributed by atoms with van der Waals surface area (Å²) in [7, 11) is 4.00. The minimum absolute atomic E-state index is 0.132. The first-order valence-corrected chi connectivity index (χ1v) is 7.55. The average molecular weight is 350 g/mol. The van der Waals surface area contributed by atoms with Crippen LogP contribution in [0.25, 0.3) is 0 Å². The van der Waals surface area contributed by atoms with E-state index in [9.17, 15) is 0 Å². The van der Waals surface area contributed by atoms with Gasteiger partial charge in [0, 0.05) is 37.3 Å². The molecule has 0 amide bonds. The predicted octanol–water partition coefficient (Wildman–Crippen LogP) is 4.39. The van der Waals surface area contributed by atoms with Crippen LogP contribution in [-0.2, 0) is 5.41 Å². The molecule has 2 aromatic rings. The molecule has 0 saturated carbocycles. The Kier molecular flexibility index (Phi) is 4.52. The maximum absolute atomic E-state index is 5.88. The van der Waals surface area contributed by atoms with Gasteiger partial charge < -0.3 is 9.64 Å². The number of benzene rings is 1. The van der Waals surface area contributed by atoms with Crippen molar-refractivity contribution < 1.29 is 4.74 Å². The minimum Gasteiger partial charge on any atom is -0.439 e. The molecule has 5 heteroatoms. The van der Waals surface area contributed by atoms with Gasteiger partial charge in [0.15, 0.2) is 0 Å². The number of hydrogen-bond acceptors (Lipinski definition) is 4. The summed E-state index contributed by atoms with van der Waals surface area (Å²) < 4.78 is 6.60. The topological polar surface area (TPSA) is 38.2 Å². The number of nitrogens with zero attached hydrogens (tertiary/aromatic N) is 3. The van der Waals surface area contributed by atoms with Gasteiger partial charge in [-0.15, -0.1) is 0 Å². The van der Waals surface area contributed by atoms with Crippen molar-refractivity contribution in [1.29, 1.82) is 0 Å². The van der Waals surface area contributed by atoms with E-state index in [1.165, 1.54) is 0 Å². The lowest BCUT2D eigenvalue weighted by Gasteiger charge is -2.18. The molecular weight excluding hydrogens is 330 g/mol. The van der Waals surface area contributed by atoms with Gasteiger partial charge >= 0.3 is 0 Å². The zero-order valence-electron chi connectivity index (χ0n) is 13.0. The van der Waals surface area contributed by atoms with E-state index in [0.717, 1.165) is 21.9 Å². The molecule has 0 aliphatic rings. The SMILES string of the molecule is CN(C)c1cccc(Oc2cc(Br)nc(C(C)(C)C)n2)c1. The maximum atomic E-state index is 5.88. The zero-order valence-corrected chi connectivity index (χ0v) is 14.6. The van der Waals surface area contributed by atoms with Crippen LogP contribution in [0.5, 0.6) is 11.6 Å². The molecule has 0 fully saturated rings. The summed E-state index contributed by atoms with van der Waals surface area (Å²) >= 11 is 3.42. The van der Waals surface area contributed by atoms with E-state index in [4.69, 9.17) is 4.74 Å². The fourth-order valence-electron chi connectivity index (χ4n) is 1.73. The number of anilines is 1. The van der Waals surface area contributed by atoms with Crippen molar-refractivity contribution in [3.05, 3.63) is 40.8 Å². The molecule has 1 aromatic heterocycles. The summed E-state index contributed by atoms with van der Waals surface area (Å²) in [6.07, 6.45) is 0. The fraction of sp³-hybridized carbons (Fsp3) is 0.375. The first kappa shape index (κ1) is 15.8. The molecule has 1 heterocycles. The van der Waals surface area contributed by atoms with E-state index in [1.54, 1.807) is 6.07 Å². The molecule has 0 aliphatic carbocycles. The molecule has 0 unspecified atom stereocenters. The smallest absolute Gasteiger partial charge is 0.223 e. The van der Waals surface area contributed by atoms with Gasteiger partial charge in [-0.25, -0.2) is 4.98 Å². The van der Waals surface area contributed by atoms with Crippen molar-refractivity contribution in [3.8, 4) is 11.6 Å². The van der Waals surface area contributed by atoms with Crippen LogP contribution in [0.2, 0.25) is 0 Å². The van der Waals surface area contributed by atoms with Crippen molar-refractivity contribution in [2.24, 2.45) is 0 Å². The molecule has 0 saturated heterocycles. The Balaban J connectivity index is 2.31. The molecule has 112 valence electrons. The molecule has 1 aromatic carbocycles. The first-order chi connectivity index (χ1) is 9.75. The minimum atomic E-state index is -0.132. The molecule has 21 heavy (non-hydrogen) atoms. The van der Waals surface area contributed by atoms with Crippen LogP contribution in [0.3, 0.4) is 0 Å². The summed E-state index contributed by atoms with van der Waals surface area (Å²) in [6, 6.07) is 9.67. The van der Waals surface area contributed by atoms with Crippen LogP contribution in [0, 0.1) is 0 Å². The van der Waals surface area contributed by atoms with Gasteiger partial charge in [-0.1, -0.05) is 26.8 Å². The van der Waals surface area contributed by atoms with Gasteiger partial charge in [0.05, 0.1) is 0 Å². The Hall–Kier alpha value is -1.62. The highest BCUT2D eigenvalue weighted by Crippen LogP contribution is 2.28. The van der Waals surface area contributed by atoms with Gasteiger partial charge in [-0.3, -0.25) is 0 Å². The van der Waals surface area contributed by atoms with Gasteiger partial charge in [0.25, 0.3) is 0 Å². The van der Waals surface area contributed by atoms with E-state index in [1.807, 2.05) is 43.3 Å². The summed E-state index contributed by atoms with van der Waals surface area (Å²) in [5, 5.41) is 0. The third kappa shape index (κ3) is 4.17. The zero-order chi connectivity index (χ0) is 15.6. The predicted molar refractivity (Wildman–Crippen MR) is 89.3 cm³/mol. The largest absolute Gasteiger partial charge is 0.439 e. The molecule has 0 atom stereocenters. The van der Waals surface area contributed by atoms with E-state index in [0.29, 0.717) is 5.88 Å². The van der Waals surface area contributed by atoms with Crippen LogP contribution >= 0.6 is 15.9 Å². The van der Waals surface area contributed by atoms with Crippen LogP contribution < -0.4 is 9.64 Å². The lowest BCUT2D eigenvalue weighted by Crippen LogP contribution is -2.16. The fourth-order valence-corrected chi connectivity index (χ4v) is 2.09. The number of halogens is 1. The molecule has 0 radical (unpaired) electrons. The third-order valence-corrected chi connectivity index (χ3v) is 3.30. The second-order valence-corrected chi connectivity index (χ2v) is 6.91. The maximum Gasteiger partial charge on any atom is 0.223 e. The van der Waals surface area contributed by atoms with Gasteiger partial charge in [0.2, 0.25) is 5.88 Å². The highest BCUT2D eigenvalue weighted by Gasteiger charge is 2.19. The van der Waals surface area contributed by atoms with Gasteiger partial charge in [0.1, 0.15) is 16.2 Å². The number of ether oxygens (including phenoxy) is 1. The van der Waals surface area contributed by atoms with Crippen LogP contribution in [0.4, 0.5) is 5.69 Å². The van der Waals surface area contributed by atoms with Crippen LogP contribution in [-0.4, -0.2) is 24.1 Å². The molecule has 0 aliphatic heterocycles. The van der Waals surface area contributed by atoms with Gasteiger partial charge in [-0.05, 0) is 28.1 Å². The summed E-state index contributed by atoms with van der Waals surface area (Å²) in [5.74, 6) is 2.04. The van der Waals surface area contributed by atoms with E-state index < -0.39 is 0 Å². The number of aromatic nitrogens is 2. The molecule has 2 rings (SSSR count). The molecule has 0 bridgehead atoms. The lowest BCUT2D eigenvalue weighted by atomic mass is 9.96. The van der Waals surface area contributed by atoms with Gasteiger partial charge in [-0.2, -0.15) is 4.98 Å². The Morgan fingerprint density at radius 2 is 1.81 bits per heavy atom. The van der Waals surface area contributed by atoms with Crippen LogP contribution in [0.15, 0.2) is 34.9 Å². The second-order valence-electron chi connectivity index (χ2n) is 6.10. The van der Waals surface area contributed by atoms with E-state index in [-0.39, 0.29) is 5.41 Å². The Bertz CT molecular complexity index is 636. The highest BCUT2D eigenvalue weighted by atomic mass is 79.9. The molecule has 4 nitrogen and oxygen atoms in total. The van der Waals surface area contributed by atoms with Crippen molar-refractivity contribution in [3.63, 3.8) is 0 Å². The van der Waals surface area contributed by atoms with E-state index in [2.05, 4.69) is 46.7 Å². The third-order valence-electron chi connectivity index (χ3n) is 2.90. The van der Waals surface area contributed by atoms with Crippen molar-refractivity contribution >= 4 is 21.6 Å². The first-order valence-electron chi connectivity index (χ1n) is 6.76. The quantitative estimate of drug-likeness (QED) is 0.770. The summed E-state index contributed by atoms with van der Waals surface area (Å²) in [5.41, 5.74) is 0.949. The Morgan fingerprint density at radius 1 is 1.10 bits per heavy atom. The second kappa shape index (κ2) is 6.02. The van der Waals surface area contributed by atoms with Crippen LogP contribution in [0.1, 0.15) is 26.6 Å². The summed E-state index contributed by atoms with van der Waals surface area (Å²) in [4.78, 5) is 10.9. The van der Waals surface area contributed by atoms with E-state index >= 15 is 0 Å². The van der Waals surface area contributed by atoms with Crippen molar-refractivity contribution in [1.82, 2.24) is 9.97 Å². The molecular formula is C16H20BrN3O. The molecule has 0 spiro atoms.